The predicted molar refractivity (Wildman–Crippen MR) is 106 cm³/mol. The number of nitriles is 1. The number of carbonyl (C=O) groups excluding carboxylic acids is 1. The number of rotatable bonds is 7. The van der Waals surface area contributed by atoms with E-state index in [2.05, 4.69) is 11.2 Å². The van der Waals surface area contributed by atoms with Gasteiger partial charge in [0.15, 0.2) is 11.4 Å². The SMILES string of the molecule is CCOC(=O)c1c(Oc2cc(C)c(C#N)c(C)c2)c(C(C)C)nn1CSC. The fourth-order valence-corrected chi connectivity index (χ4v) is 3.26. The highest BCUT2D eigenvalue weighted by molar-refractivity contribution is 7.97. The molecule has 144 valence electrons. The fourth-order valence-electron chi connectivity index (χ4n) is 2.83. The highest BCUT2D eigenvalue weighted by Gasteiger charge is 2.28. The summed E-state index contributed by atoms with van der Waals surface area (Å²) < 4.78 is 13.0. The lowest BCUT2D eigenvalue weighted by Gasteiger charge is -2.12. The molecule has 1 heterocycles. The van der Waals surface area contributed by atoms with E-state index >= 15 is 0 Å². The number of esters is 1. The van der Waals surface area contributed by atoms with E-state index in [4.69, 9.17) is 9.47 Å². The van der Waals surface area contributed by atoms with Gasteiger partial charge >= 0.3 is 5.97 Å². The lowest BCUT2D eigenvalue weighted by molar-refractivity contribution is 0.0510. The Morgan fingerprint density at radius 1 is 1.33 bits per heavy atom. The molecule has 2 aromatic rings. The lowest BCUT2D eigenvalue weighted by atomic mass is 10.0. The monoisotopic (exact) mass is 387 g/mol. The normalized spacial score (nSPS) is 10.7. The van der Waals surface area contributed by atoms with Crippen LogP contribution in [-0.4, -0.2) is 28.6 Å². The maximum Gasteiger partial charge on any atom is 0.360 e. The van der Waals surface area contributed by atoms with E-state index in [9.17, 15) is 10.1 Å². The van der Waals surface area contributed by atoms with Crippen molar-refractivity contribution in [1.82, 2.24) is 9.78 Å². The van der Waals surface area contributed by atoms with Crippen molar-refractivity contribution in [1.29, 1.82) is 5.26 Å². The second-order valence-electron chi connectivity index (χ2n) is 6.50. The molecule has 0 unspecified atom stereocenters. The van der Waals surface area contributed by atoms with Crippen molar-refractivity contribution in [3.05, 3.63) is 40.2 Å². The van der Waals surface area contributed by atoms with E-state index in [-0.39, 0.29) is 12.5 Å². The Kier molecular flexibility index (Phi) is 6.92. The van der Waals surface area contributed by atoms with Crippen molar-refractivity contribution in [3.8, 4) is 17.6 Å². The summed E-state index contributed by atoms with van der Waals surface area (Å²) in [6.07, 6.45) is 1.94. The predicted octanol–water partition coefficient (Wildman–Crippen LogP) is 4.78. The van der Waals surface area contributed by atoms with Crippen molar-refractivity contribution < 1.29 is 14.3 Å². The second kappa shape index (κ2) is 8.96. The van der Waals surface area contributed by atoms with Crippen LogP contribution < -0.4 is 4.74 Å². The topological polar surface area (TPSA) is 77.1 Å². The van der Waals surface area contributed by atoms with Gasteiger partial charge in [0.25, 0.3) is 0 Å². The van der Waals surface area contributed by atoms with Gasteiger partial charge in [-0.15, -0.1) is 11.8 Å². The average molecular weight is 388 g/mol. The summed E-state index contributed by atoms with van der Waals surface area (Å²) in [6.45, 7) is 9.78. The van der Waals surface area contributed by atoms with Crippen molar-refractivity contribution in [2.24, 2.45) is 0 Å². The highest BCUT2D eigenvalue weighted by Crippen LogP contribution is 2.36. The van der Waals surface area contributed by atoms with Crippen molar-refractivity contribution in [2.75, 3.05) is 12.9 Å². The minimum Gasteiger partial charge on any atom is -0.461 e. The van der Waals surface area contributed by atoms with E-state index < -0.39 is 5.97 Å². The van der Waals surface area contributed by atoms with E-state index in [1.165, 1.54) is 0 Å². The number of nitrogens with zero attached hydrogens (tertiary/aromatic N) is 3. The molecule has 0 N–H and O–H groups in total. The van der Waals surface area contributed by atoms with E-state index in [1.807, 2.05) is 34.0 Å². The molecule has 1 aromatic carbocycles. The number of benzene rings is 1. The maximum atomic E-state index is 12.6. The zero-order valence-electron chi connectivity index (χ0n) is 16.6. The summed E-state index contributed by atoms with van der Waals surface area (Å²) in [5.41, 5.74) is 3.30. The van der Waals surface area contributed by atoms with Gasteiger partial charge in [0.2, 0.25) is 0 Å². The summed E-state index contributed by atoms with van der Waals surface area (Å²) in [6, 6.07) is 5.81. The molecule has 0 aliphatic rings. The second-order valence-corrected chi connectivity index (χ2v) is 7.34. The number of hydrogen-bond donors (Lipinski definition) is 0. The fraction of sp³-hybridized carbons (Fsp3) is 0.450. The molecule has 0 atom stereocenters. The third-order valence-electron chi connectivity index (χ3n) is 4.04. The molecule has 0 aliphatic carbocycles. The molecule has 27 heavy (non-hydrogen) atoms. The minimum atomic E-state index is -0.456. The third-order valence-corrected chi connectivity index (χ3v) is 4.54. The third kappa shape index (κ3) is 4.45. The molecule has 0 saturated heterocycles. The highest BCUT2D eigenvalue weighted by atomic mass is 32.2. The number of hydrogen-bond acceptors (Lipinski definition) is 6. The Bertz CT molecular complexity index is 858. The number of carbonyl (C=O) groups is 1. The van der Waals surface area contributed by atoms with Crippen LogP contribution >= 0.6 is 11.8 Å². The molecule has 0 radical (unpaired) electrons. The first-order chi connectivity index (χ1) is 12.8. The average Bonchev–Trinajstić information content (AvgIpc) is 2.93. The van der Waals surface area contributed by atoms with Crippen LogP contribution in [0.5, 0.6) is 11.5 Å². The van der Waals surface area contributed by atoms with Gasteiger partial charge in [0.1, 0.15) is 11.4 Å². The van der Waals surface area contributed by atoms with E-state index in [1.54, 1.807) is 35.5 Å². The molecule has 0 saturated carbocycles. The maximum absolute atomic E-state index is 12.6. The van der Waals surface area contributed by atoms with Crippen LogP contribution in [0, 0.1) is 25.2 Å². The van der Waals surface area contributed by atoms with Gasteiger partial charge in [-0.2, -0.15) is 10.4 Å². The van der Waals surface area contributed by atoms with Crippen LogP contribution in [0.3, 0.4) is 0 Å². The van der Waals surface area contributed by atoms with Gasteiger partial charge in [-0.3, -0.25) is 0 Å². The summed E-state index contributed by atoms with van der Waals surface area (Å²) in [4.78, 5) is 12.6. The number of ether oxygens (including phenoxy) is 2. The van der Waals surface area contributed by atoms with Crippen LogP contribution in [0.15, 0.2) is 12.1 Å². The first-order valence-corrected chi connectivity index (χ1v) is 10.2. The molecular formula is C20H25N3O3S. The van der Waals surface area contributed by atoms with Crippen LogP contribution in [0.25, 0.3) is 0 Å². The number of thioether (sulfide) groups is 1. The minimum absolute atomic E-state index is 0.0665. The molecular weight excluding hydrogens is 362 g/mol. The molecule has 0 bridgehead atoms. The number of aryl methyl sites for hydroxylation is 2. The first-order valence-electron chi connectivity index (χ1n) is 8.79. The molecule has 7 heteroatoms. The Morgan fingerprint density at radius 3 is 2.44 bits per heavy atom. The van der Waals surface area contributed by atoms with E-state index in [0.29, 0.717) is 34.3 Å². The summed E-state index contributed by atoms with van der Waals surface area (Å²) in [5, 5.41) is 13.9. The molecule has 0 spiro atoms. The Labute approximate surface area is 164 Å². The Morgan fingerprint density at radius 2 is 1.96 bits per heavy atom. The van der Waals surface area contributed by atoms with Gasteiger partial charge in [-0.05, 0) is 50.3 Å². The lowest BCUT2D eigenvalue weighted by Crippen LogP contribution is -2.13. The standard InChI is InChI=1S/C20H25N3O3S/c1-7-25-20(24)18-19(17(12(2)3)22-23(18)11-27-6)26-15-8-13(4)16(10-21)14(5)9-15/h8-9,12H,7,11H2,1-6H3. The molecule has 2 rings (SSSR count). The van der Waals surface area contributed by atoms with Crippen LogP contribution in [-0.2, 0) is 10.6 Å². The van der Waals surface area contributed by atoms with Crippen LogP contribution in [0.1, 0.15) is 59.6 Å². The van der Waals surface area contributed by atoms with Crippen LogP contribution in [0.2, 0.25) is 0 Å². The van der Waals surface area contributed by atoms with Crippen molar-refractivity contribution in [2.45, 2.75) is 46.4 Å². The van der Waals surface area contributed by atoms with Gasteiger partial charge in [0, 0.05) is 5.92 Å². The molecule has 0 fully saturated rings. The van der Waals surface area contributed by atoms with E-state index in [0.717, 1.165) is 11.1 Å². The van der Waals surface area contributed by atoms with Crippen molar-refractivity contribution in [3.63, 3.8) is 0 Å². The van der Waals surface area contributed by atoms with Crippen molar-refractivity contribution >= 4 is 17.7 Å². The Hall–Kier alpha value is -2.46. The molecule has 1 aromatic heterocycles. The summed E-state index contributed by atoms with van der Waals surface area (Å²) >= 11 is 1.56. The van der Waals surface area contributed by atoms with Gasteiger partial charge < -0.3 is 9.47 Å². The number of aromatic nitrogens is 2. The molecule has 6 nitrogen and oxygen atoms in total. The smallest absolute Gasteiger partial charge is 0.360 e. The van der Waals surface area contributed by atoms with Gasteiger partial charge in [-0.25, -0.2) is 9.48 Å². The first kappa shape index (κ1) is 20.8. The molecule has 0 aliphatic heterocycles. The zero-order valence-corrected chi connectivity index (χ0v) is 17.4. The van der Waals surface area contributed by atoms with Crippen LogP contribution in [0.4, 0.5) is 0 Å². The largest absolute Gasteiger partial charge is 0.461 e. The summed E-state index contributed by atoms with van der Waals surface area (Å²) in [5.74, 6) is 1.11. The molecule has 0 amide bonds. The summed E-state index contributed by atoms with van der Waals surface area (Å²) in [7, 11) is 0. The van der Waals surface area contributed by atoms with Gasteiger partial charge in [0.05, 0.1) is 24.1 Å². The Balaban J connectivity index is 2.60. The zero-order chi connectivity index (χ0) is 20.1. The quantitative estimate of drug-likeness (QED) is 0.636. The van der Waals surface area contributed by atoms with Gasteiger partial charge in [-0.1, -0.05) is 13.8 Å².